The van der Waals surface area contributed by atoms with Crippen LogP contribution in [-0.4, -0.2) is 0 Å². The first-order valence-corrected chi connectivity index (χ1v) is 19.1. The normalized spacial score (nSPS) is 11.2. The largest absolute Gasteiger partial charge is 0.455 e. The fourth-order valence-electron chi connectivity index (χ4n) is 7.97. The van der Waals surface area contributed by atoms with Crippen molar-refractivity contribution in [3.05, 3.63) is 224 Å². The van der Waals surface area contributed by atoms with E-state index in [1.165, 1.54) is 38.6 Å². The molecule has 1 aromatic heterocycles. The predicted molar refractivity (Wildman–Crippen MR) is 236 cm³/mol. The van der Waals surface area contributed by atoms with Crippen molar-refractivity contribution >= 4 is 38.8 Å². The Balaban J connectivity index is 1.11. The van der Waals surface area contributed by atoms with Gasteiger partial charge >= 0.3 is 0 Å². The van der Waals surface area contributed by atoms with Gasteiger partial charge in [0.05, 0.1) is 5.69 Å². The quantitative estimate of drug-likeness (QED) is 0.156. The lowest BCUT2D eigenvalue weighted by Crippen LogP contribution is -2.11. The Morgan fingerprint density at radius 2 is 0.768 bits per heavy atom. The van der Waals surface area contributed by atoms with E-state index in [1.807, 2.05) is 6.07 Å². The zero-order valence-electron chi connectivity index (χ0n) is 30.7. The zero-order valence-corrected chi connectivity index (χ0v) is 30.7. The highest BCUT2D eigenvalue weighted by atomic mass is 16.3. The first kappa shape index (κ1) is 33.2. The van der Waals surface area contributed by atoms with Crippen molar-refractivity contribution in [1.29, 1.82) is 0 Å². The van der Waals surface area contributed by atoms with Gasteiger partial charge in [-0.1, -0.05) is 182 Å². The number of furan rings is 1. The average molecular weight is 716 g/mol. The van der Waals surface area contributed by atoms with Gasteiger partial charge in [-0.05, 0) is 92.2 Å². The molecule has 0 saturated heterocycles. The molecule has 0 spiro atoms. The molecule has 56 heavy (non-hydrogen) atoms. The van der Waals surface area contributed by atoms with Crippen LogP contribution in [0.15, 0.2) is 229 Å². The van der Waals surface area contributed by atoms with E-state index in [9.17, 15) is 0 Å². The number of para-hydroxylation sites is 2. The van der Waals surface area contributed by atoms with Gasteiger partial charge in [0.1, 0.15) is 11.3 Å². The maximum atomic E-state index is 6.81. The number of hydrogen-bond acceptors (Lipinski definition) is 2. The van der Waals surface area contributed by atoms with Crippen molar-refractivity contribution in [2.24, 2.45) is 0 Å². The third-order valence-corrected chi connectivity index (χ3v) is 10.7. The molecule has 0 fully saturated rings. The van der Waals surface area contributed by atoms with Crippen molar-refractivity contribution in [3.8, 4) is 55.8 Å². The number of benzene rings is 9. The monoisotopic (exact) mass is 715 g/mol. The topological polar surface area (TPSA) is 16.4 Å². The molecule has 0 aliphatic rings. The maximum absolute atomic E-state index is 6.81. The molecule has 0 saturated carbocycles. The molecule has 264 valence electrons. The Morgan fingerprint density at radius 3 is 1.45 bits per heavy atom. The van der Waals surface area contributed by atoms with Crippen LogP contribution in [0, 0.1) is 0 Å². The molecule has 0 aliphatic heterocycles. The average Bonchev–Trinajstić information content (AvgIpc) is 3.67. The van der Waals surface area contributed by atoms with Crippen LogP contribution in [0.4, 0.5) is 17.1 Å². The van der Waals surface area contributed by atoms with Crippen molar-refractivity contribution in [2.75, 3.05) is 4.90 Å². The summed E-state index contributed by atoms with van der Waals surface area (Å²) < 4.78 is 6.81. The highest BCUT2D eigenvalue weighted by Crippen LogP contribution is 2.47. The minimum atomic E-state index is 0.848. The van der Waals surface area contributed by atoms with Gasteiger partial charge in [-0.25, -0.2) is 0 Å². The molecule has 0 unspecified atom stereocenters. The summed E-state index contributed by atoms with van der Waals surface area (Å²) in [5.74, 6) is 0.848. The summed E-state index contributed by atoms with van der Waals surface area (Å²) in [6, 6.07) is 79.8. The second-order valence-corrected chi connectivity index (χ2v) is 14.1. The van der Waals surface area contributed by atoms with Crippen molar-refractivity contribution in [2.45, 2.75) is 0 Å². The fraction of sp³-hybridized carbons (Fsp3) is 0. The number of anilines is 3. The van der Waals surface area contributed by atoms with E-state index in [4.69, 9.17) is 4.42 Å². The lowest BCUT2D eigenvalue weighted by molar-refractivity contribution is 0.632. The summed E-state index contributed by atoms with van der Waals surface area (Å²) in [5.41, 5.74) is 14.4. The number of nitrogens with zero attached hydrogens (tertiary/aromatic N) is 1. The van der Waals surface area contributed by atoms with E-state index < -0.39 is 0 Å². The minimum Gasteiger partial charge on any atom is -0.455 e. The molecule has 10 aromatic rings. The molecule has 2 nitrogen and oxygen atoms in total. The van der Waals surface area contributed by atoms with Crippen LogP contribution in [-0.2, 0) is 0 Å². The van der Waals surface area contributed by atoms with E-state index in [-0.39, 0.29) is 0 Å². The molecule has 0 atom stereocenters. The van der Waals surface area contributed by atoms with E-state index in [0.717, 1.165) is 56.0 Å². The van der Waals surface area contributed by atoms with Crippen LogP contribution in [0.2, 0.25) is 0 Å². The Morgan fingerprint density at radius 1 is 0.304 bits per heavy atom. The zero-order chi connectivity index (χ0) is 37.3. The third-order valence-electron chi connectivity index (χ3n) is 10.7. The molecule has 9 aromatic carbocycles. The highest BCUT2D eigenvalue weighted by Gasteiger charge is 2.24. The lowest BCUT2D eigenvalue weighted by Gasteiger charge is -2.28. The second kappa shape index (κ2) is 14.4. The van der Waals surface area contributed by atoms with E-state index in [2.05, 4.69) is 223 Å². The summed E-state index contributed by atoms with van der Waals surface area (Å²) in [6.45, 7) is 0. The maximum Gasteiger partial charge on any atom is 0.145 e. The Labute approximate surface area is 327 Å². The summed E-state index contributed by atoms with van der Waals surface area (Å²) in [6.07, 6.45) is 0. The summed E-state index contributed by atoms with van der Waals surface area (Å²) >= 11 is 0. The van der Waals surface area contributed by atoms with Crippen LogP contribution >= 0.6 is 0 Å². The second-order valence-electron chi connectivity index (χ2n) is 14.1. The van der Waals surface area contributed by atoms with Gasteiger partial charge < -0.3 is 9.32 Å². The lowest BCUT2D eigenvalue weighted by atomic mass is 9.96. The van der Waals surface area contributed by atoms with Crippen LogP contribution in [0.5, 0.6) is 0 Å². The van der Waals surface area contributed by atoms with Gasteiger partial charge in [-0.15, -0.1) is 0 Å². The van der Waals surface area contributed by atoms with Crippen LogP contribution < -0.4 is 4.90 Å². The molecule has 0 amide bonds. The minimum absolute atomic E-state index is 0.848. The molecule has 10 rings (SSSR count). The molecule has 0 N–H and O–H groups in total. The first-order chi connectivity index (χ1) is 27.8. The molecular weight excluding hydrogens is 679 g/mol. The van der Waals surface area contributed by atoms with Gasteiger partial charge in [0, 0.05) is 27.9 Å². The predicted octanol–water partition coefficient (Wildman–Crippen LogP) is 15.4. The number of rotatable bonds is 8. The molecule has 0 aliphatic carbocycles. The van der Waals surface area contributed by atoms with Crippen molar-refractivity contribution in [1.82, 2.24) is 0 Å². The number of fused-ring (bicyclic) bond motifs is 2. The molecular formula is C54H37NO. The standard InChI is InChI=1S/C54H37NO/c1-3-14-38(15-4-1)39-26-28-40(29-27-39)41-30-34-45(35-31-41)55(46-36-32-43(33-37-46)48-23-13-19-42-16-7-8-20-47(42)48)51-24-11-9-21-49(51)54-53(44-17-5-2-6-18-44)50-22-10-12-25-52(50)56-54/h1-37H. The smallest absolute Gasteiger partial charge is 0.145 e. The van der Waals surface area contributed by atoms with Gasteiger partial charge in [-0.2, -0.15) is 0 Å². The Hall–Kier alpha value is -7.42. The summed E-state index contributed by atoms with van der Waals surface area (Å²) in [7, 11) is 0. The Kier molecular flexibility index (Phi) is 8.55. The van der Waals surface area contributed by atoms with Crippen molar-refractivity contribution in [3.63, 3.8) is 0 Å². The molecule has 0 radical (unpaired) electrons. The Bertz CT molecular complexity index is 2920. The van der Waals surface area contributed by atoms with Gasteiger partial charge in [0.25, 0.3) is 0 Å². The molecule has 1 heterocycles. The highest BCUT2D eigenvalue weighted by molar-refractivity contribution is 6.04. The fourth-order valence-corrected chi connectivity index (χ4v) is 7.97. The SMILES string of the molecule is c1ccc(-c2ccc(-c3ccc(N(c4ccc(-c5cccc6ccccc56)cc4)c4ccccc4-c4oc5ccccc5c4-c4ccccc4)cc3)cc2)cc1. The van der Waals surface area contributed by atoms with Gasteiger partial charge in [0.15, 0.2) is 0 Å². The first-order valence-electron chi connectivity index (χ1n) is 19.1. The van der Waals surface area contributed by atoms with Crippen LogP contribution in [0.25, 0.3) is 77.6 Å². The van der Waals surface area contributed by atoms with Gasteiger partial charge in [0.2, 0.25) is 0 Å². The molecule has 0 bridgehead atoms. The van der Waals surface area contributed by atoms with Gasteiger partial charge in [-0.3, -0.25) is 0 Å². The van der Waals surface area contributed by atoms with Crippen LogP contribution in [0.1, 0.15) is 0 Å². The summed E-state index contributed by atoms with van der Waals surface area (Å²) in [5, 5.41) is 3.58. The van der Waals surface area contributed by atoms with E-state index in [0.29, 0.717) is 0 Å². The van der Waals surface area contributed by atoms with E-state index >= 15 is 0 Å². The summed E-state index contributed by atoms with van der Waals surface area (Å²) in [4.78, 5) is 2.35. The van der Waals surface area contributed by atoms with Crippen molar-refractivity contribution < 1.29 is 4.42 Å². The molecule has 2 heteroatoms. The van der Waals surface area contributed by atoms with E-state index in [1.54, 1.807) is 0 Å². The number of hydrogen-bond donors (Lipinski definition) is 0. The third kappa shape index (κ3) is 6.14. The van der Waals surface area contributed by atoms with Crippen LogP contribution in [0.3, 0.4) is 0 Å².